The summed E-state index contributed by atoms with van der Waals surface area (Å²) in [7, 11) is 4.66. The zero-order valence-electron chi connectivity index (χ0n) is 12.6. The van der Waals surface area contributed by atoms with Crippen LogP contribution in [0.1, 0.15) is 18.4 Å². The van der Waals surface area contributed by atoms with Gasteiger partial charge in [-0.05, 0) is 30.7 Å². The second-order valence-corrected chi connectivity index (χ2v) is 4.20. The highest BCUT2D eigenvalue weighted by Crippen LogP contribution is 2.38. The minimum absolute atomic E-state index is 0. The lowest BCUT2D eigenvalue weighted by Crippen LogP contribution is -2.23. The fourth-order valence-electron chi connectivity index (χ4n) is 1.79. The van der Waals surface area contributed by atoms with Gasteiger partial charge in [0.15, 0.2) is 11.5 Å². The number of carbonyl (C=O) groups excluding carboxylic acids is 1. The van der Waals surface area contributed by atoms with Crippen LogP contribution in [0.15, 0.2) is 12.1 Å². The minimum Gasteiger partial charge on any atom is -0.493 e. The molecule has 0 fully saturated rings. The lowest BCUT2D eigenvalue weighted by Gasteiger charge is -2.14. The van der Waals surface area contributed by atoms with Gasteiger partial charge in [0.1, 0.15) is 0 Å². The van der Waals surface area contributed by atoms with Gasteiger partial charge in [-0.3, -0.25) is 4.79 Å². The molecule has 0 heterocycles. The van der Waals surface area contributed by atoms with Crippen LogP contribution in [0.4, 0.5) is 0 Å². The van der Waals surface area contributed by atoms with Crippen molar-refractivity contribution in [1.29, 1.82) is 0 Å². The van der Waals surface area contributed by atoms with Crippen LogP contribution in [0.25, 0.3) is 0 Å². The predicted octanol–water partition coefficient (Wildman–Crippen LogP) is 1.49. The predicted molar refractivity (Wildman–Crippen MR) is 83.5 cm³/mol. The average molecular weight is 319 g/mol. The number of amides is 1. The van der Waals surface area contributed by atoms with Crippen LogP contribution >= 0.6 is 12.4 Å². The van der Waals surface area contributed by atoms with Crippen molar-refractivity contribution in [1.82, 2.24) is 5.32 Å². The molecule has 3 N–H and O–H groups in total. The van der Waals surface area contributed by atoms with Crippen LogP contribution in [0, 0.1) is 0 Å². The number of hydrogen-bond donors (Lipinski definition) is 2. The van der Waals surface area contributed by atoms with Gasteiger partial charge in [-0.25, -0.2) is 0 Å². The van der Waals surface area contributed by atoms with Crippen molar-refractivity contribution >= 4 is 18.3 Å². The first-order valence-electron chi connectivity index (χ1n) is 6.41. The zero-order valence-corrected chi connectivity index (χ0v) is 13.4. The molecule has 0 aliphatic carbocycles. The Bertz CT molecular complexity index is 430. The highest BCUT2D eigenvalue weighted by Gasteiger charge is 2.13. The SMILES string of the molecule is COc1cc(CNC(=O)CCCN)cc(OC)c1OC.Cl. The number of methoxy groups -OCH3 is 3. The quantitative estimate of drug-likeness (QED) is 0.759. The van der Waals surface area contributed by atoms with Crippen LogP contribution in [0.2, 0.25) is 0 Å². The molecule has 1 aromatic carbocycles. The van der Waals surface area contributed by atoms with E-state index < -0.39 is 0 Å². The Morgan fingerprint density at radius 3 is 2.14 bits per heavy atom. The molecule has 0 aliphatic heterocycles. The summed E-state index contributed by atoms with van der Waals surface area (Å²) in [6.07, 6.45) is 1.11. The second-order valence-electron chi connectivity index (χ2n) is 4.20. The van der Waals surface area contributed by atoms with Crippen molar-refractivity contribution < 1.29 is 19.0 Å². The zero-order chi connectivity index (χ0) is 15.0. The molecule has 0 aromatic heterocycles. The van der Waals surface area contributed by atoms with Gasteiger partial charge in [0.2, 0.25) is 11.7 Å². The topological polar surface area (TPSA) is 82.8 Å². The van der Waals surface area contributed by atoms with Crippen molar-refractivity contribution in [2.75, 3.05) is 27.9 Å². The van der Waals surface area contributed by atoms with Crippen molar-refractivity contribution in [3.05, 3.63) is 17.7 Å². The van der Waals surface area contributed by atoms with Gasteiger partial charge in [0.05, 0.1) is 21.3 Å². The fourth-order valence-corrected chi connectivity index (χ4v) is 1.79. The van der Waals surface area contributed by atoms with Gasteiger partial charge in [0.25, 0.3) is 0 Å². The molecule has 1 aromatic rings. The molecule has 1 amide bonds. The van der Waals surface area contributed by atoms with E-state index in [4.69, 9.17) is 19.9 Å². The maximum atomic E-state index is 11.6. The Morgan fingerprint density at radius 1 is 1.14 bits per heavy atom. The van der Waals surface area contributed by atoms with Gasteiger partial charge in [0, 0.05) is 13.0 Å². The van der Waals surface area contributed by atoms with Gasteiger partial charge >= 0.3 is 0 Å². The first-order valence-corrected chi connectivity index (χ1v) is 6.41. The normalized spacial score (nSPS) is 9.52. The molecule has 0 unspecified atom stereocenters. The summed E-state index contributed by atoms with van der Waals surface area (Å²) >= 11 is 0. The molecule has 6 nitrogen and oxygen atoms in total. The summed E-state index contributed by atoms with van der Waals surface area (Å²) in [5.74, 6) is 1.65. The maximum Gasteiger partial charge on any atom is 0.220 e. The van der Waals surface area contributed by atoms with Gasteiger partial charge in [-0.15, -0.1) is 12.4 Å². The molecule has 0 saturated heterocycles. The number of nitrogens with one attached hydrogen (secondary N) is 1. The van der Waals surface area contributed by atoms with E-state index in [0.29, 0.717) is 43.2 Å². The van der Waals surface area contributed by atoms with E-state index in [9.17, 15) is 4.79 Å². The van der Waals surface area contributed by atoms with Crippen LogP contribution in [0.3, 0.4) is 0 Å². The van der Waals surface area contributed by atoms with Gasteiger partial charge < -0.3 is 25.3 Å². The van der Waals surface area contributed by atoms with Crippen LogP contribution in [0.5, 0.6) is 17.2 Å². The third-order valence-electron chi connectivity index (χ3n) is 2.82. The number of ether oxygens (including phenoxy) is 3. The van der Waals surface area contributed by atoms with Crippen molar-refractivity contribution in [2.45, 2.75) is 19.4 Å². The lowest BCUT2D eigenvalue weighted by atomic mass is 10.1. The molecule has 7 heteroatoms. The van der Waals surface area contributed by atoms with Crippen LogP contribution < -0.4 is 25.3 Å². The molecule has 0 aliphatic rings. The summed E-state index contributed by atoms with van der Waals surface area (Å²) < 4.78 is 15.8. The Morgan fingerprint density at radius 2 is 1.71 bits per heavy atom. The Labute approximate surface area is 131 Å². The van der Waals surface area contributed by atoms with Crippen LogP contribution in [-0.2, 0) is 11.3 Å². The number of halogens is 1. The lowest BCUT2D eigenvalue weighted by molar-refractivity contribution is -0.121. The second kappa shape index (κ2) is 10.1. The number of carbonyl (C=O) groups is 1. The maximum absolute atomic E-state index is 11.6. The third kappa shape index (κ3) is 5.69. The molecule has 0 bridgehead atoms. The van der Waals surface area contributed by atoms with Gasteiger partial charge in [-0.1, -0.05) is 0 Å². The smallest absolute Gasteiger partial charge is 0.220 e. The summed E-state index contributed by atoms with van der Waals surface area (Å²) in [4.78, 5) is 11.6. The third-order valence-corrected chi connectivity index (χ3v) is 2.82. The molecule has 1 rings (SSSR count). The largest absolute Gasteiger partial charge is 0.493 e. The molecule has 0 saturated carbocycles. The number of benzene rings is 1. The van der Waals surface area contributed by atoms with E-state index in [1.54, 1.807) is 21.3 Å². The van der Waals surface area contributed by atoms with Crippen molar-refractivity contribution in [3.8, 4) is 17.2 Å². The Balaban J connectivity index is 0.00000400. The van der Waals surface area contributed by atoms with E-state index in [0.717, 1.165) is 5.56 Å². The van der Waals surface area contributed by atoms with E-state index in [2.05, 4.69) is 5.32 Å². The monoisotopic (exact) mass is 318 g/mol. The van der Waals surface area contributed by atoms with Crippen LogP contribution in [-0.4, -0.2) is 33.8 Å². The van der Waals surface area contributed by atoms with Crippen molar-refractivity contribution in [2.24, 2.45) is 5.73 Å². The first kappa shape index (κ1) is 19.3. The highest BCUT2D eigenvalue weighted by molar-refractivity contribution is 5.85. The molecular weight excluding hydrogens is 296 g/mol. The molecule has 0 spiro atoms. The molecular formula is C14H23ClN2O4. The fraction of sp³-hybridized carbons (Fsp3) is 0.500. The van der Waals surface area contributed by atoms with Gasteiger partial charge in [-0.2, -0.15) is 0 Å². The Hall–Kier alpha value is -1.66. The standard InChI is InChI=1S/C14H22N2O4.ClH/c1-18-11-7-10(8-12(19-2)14(11)20-3)9-16-13(17)5-4-6-15;/h7-8H,4-6,9,15H2,1-3H3,(H,16,17);1H. The minimum atomic E-state index is -0.0239. The molecule has 120 valence electrons. The Kier molecular flexibility index (Phi) is 9.32. The summed E-state index contributed by atoms with van der Waals surface area (Å²) in [6, 6.07) is 3.62. The van der Waals surface area contributed by atoms with E-state index >= 15 is 0 Å². The van der Waals surface area contributed by atoms with Crippen molar-refractivity contribution in [3.63, 3.8) is 0 Å². The van der Waals surface area contributed by atoms with E-state index in [1.807, 2.05) is 12.1 Å². The van der Waals surface area contributed by atoms with E-state index in [-0.39, 0.29) is 18.3 Å². The molecule has 0 radical (unpaired) electrons. The number of nitrogens with two attached hydrogens (primary N) is 1. The molecule has 0 atom stereocenters. The average Bonchev–Trinajstić information content (AvgIpc) is 2.49. The highest BCUT2D eigenvalue weighted by atomic mass is 35.5. The summed E-state index contributed by atoms with van der Waals surface area (Å²) in [5, 5.41) is 2.83. The number of hydrogen-bond acceptors (Lipinski definition) is 5. The van der Waals surface area contributed by atoms with E-state index in [1.165, 1.54) is 0 Å². The summed E-state index contributed by atoms with van der Waals surface area (Å²) in [6.45, 7) is 0.914. The first-order chi connectivity index (χ1) is 9.65. The number of rotatable bonds is 8. The molecule has 21 heavy (non-hydrogen) atoms. The summed E-state index contributed by atoms with van der Waals surface area (Å²) in [5.41, 5.74) is 6.24.